The molecule has 0 bridgehead atoms. The molecule has 1 rings (SSSR count). The smallest absolute Gasteiger partial charge is 0.147 e. The van der Waals surface area contributed by atoms with Crippen LogP contribution in [0.15, 0.2) is 18.2 Å². The van der Waals surface area contributed by atoms with Crippen molar-refractivity contribution in [3.63, 3.8) is 0 Å². The van der Waals surface area contributed by atoms with Gasteiger partial charge in [0.05, 0.1) is 16.1 Å². The summed E-state index contributed by atoms with van der Waals surface area (Å²) in [6.45, 7) is 0. The van der Waals surface area contributed by atoms with Gasteiger partial charge >= 0.3 is 0 Å². The van der Waals surface area contributed by atoms with E-state index in [2.05, 4.69) is 0 Å². The summed E-state index contributed by atoms with van der Waals surface area (Å²) in [6.07, 6.45) is 0. The van der Waals surface area contributed by atoms with Crippen LogP contribution < -0.4 is 0 Å². The molecule has 12 heavy (non-hydrogen) atoms. The predicted molar refractivity (Wildman–Crippen MR) is 50.7 cm³/mol. The van der Waals surface area contributed by atoms with Gasteiger partial charge in [0, 0.05) is 5.56 Å². The Bertz CT molecular complexity index is 330. The molecule has 1 aromatic carbocycles. The largest absolute Gasteiger partial charge is 0.196 e. The van der Waals surface area contributed by atoms with Gasteiger partial charge < -0.3 is 0 Å². The highest BCUT2D eigenvalue weighted by Crippen LogP contribution is 2.32. The Kier molecular flexibility index (Phi) is 3.22. The van der Waals surface area contributed by atoms with E-state index < -0.39 is 5.38 Å². The van der Waals surface area contributed by atoms with Crippen LogP contribution in [-0.4, -0.2) is 0 Å². The molecule has 1 aromatic rings. The third kappa shape index (κ3) is 1.84. The zero-order valence-corrected chi connectivity index (χ0v) is 8.16. The van der Waals surface area contributed by atoms with Gasteiger partial charge in [-0.25, -0.2) is 0 Å². The summed E-state index contributed by atoms with van der Waals surface area (Å²) < 4.78 is 0. The van der Waals surface area contributed by atoms with Crippen LogP contribution in [0.25, 0.3) is 0 Å². The van der Waals surface area contributed by atoms with E-state index in [9.17, 15) is 0 Å². The molecule has 0 heterocycles. The Morgan fingerprint density at radius 3 is 2.58 bits per heavy atom. The summed E-state index contributed by atoms with van der Waals surface area (Å²) in [6, 6.07) is 6.90. The molecule has 0 aliphatic carbocycles. The van der Waals surface area contributed by atoms with Crippen molar-refractivity contribution in [2.75, 3.05) is 0 Å². The first kappa shape index (κ1) is 9.67. The minimum absolute atomic E-state index is 0.348. The standard InChI is InChI=1S/C8H4Cl3N/c9-6-3-1-2-5(8(6)11)7(10)4-12/h1-3,7H/t7-/m1/s1. The average Bonchev–Trinajstić information content (AvgIpc) is 2.08. The summed E-state index contributed by atoms with van der Waals surface area (Å²) in [5.41, 5.74) is 0.549. The summed E-state index contributed by atoms with van der Waals surface area (Å²) >= 11 is 17.2. The van der Waals surface area contributed by atoms with E-state index in [1.54, 1.807) is 18.2 Å². The molecule has 0 aromatic heterocycles. The summed E-state index contributed by atoms with van der Waals surface area (Å²) in [4.78, 5) is 0. The van der Waals surface area contributed by atoms with Crippen molar-refractivity contribution in [3.05, 3.63) is 33.8 Å². The topological polar surface area (TPSA) is 23.8 Å². The summed E-state index contributed by atoms with van der Waals surface area (Å²) in [5, 5.41) is 8.54. The maximum absolute atomic E-state index is 8.52. The van der Waals surface area contributed by atoms with Gasteiger partial charge in [0.25, 0.3) is 0 Å². The van der Waals surface area contributed by atoms with E-state index in [0.29, 0.717) is 15.6 Å². The van der Waals surface area contributed by atoms with E-state index in [4.69, 9.17) is 40.1 Å². The van der Waals surface area contributed by atoms with Gasteiger partial charge in [0.2, 0.25) is 0 Å². The van der Waals surface area contributed by atoms with Crippen molar-refractivity contribution < 1.29 is 0 Å². The molecule has 0 radical (unpaired) electrons. The summed E-state index contributed by atoms with van der Waals surface area (Å²) in [5.74, 6) is 0. The molecule has 0 fully saturated rings. The van der Waals surface area contributed by atoms with Gasteiger partial charge in [-0.2, -0.15) is 5.26 Å². The fourth-order valence-corrected chi connectivity index (χ4v) is 1.44. The van der Waals surface area contributed by atoms with Gasteiger partial charge in [0.15, 0.2) is 0 Å². The highest BCUT2D eigenvalue weighted by molar-refractivity contribution is 6.43. The van der Waals surface area contributed by atoms with Crippen molar-refractivity contribution in [1.82, 2.24) is 0 Å². The monoisotopic (exact) mass is 219 g/mol. The second-order valence-corrected chi connectivity index (χ2v) is 3.36. The van der Waals surface area contributed by atoms with Crippen LogP contribution >= 0.6 is 34.8 Å². The minimum atomic E-state index is -0.740. The second-order valence-electron chi connectivity index (χ2n) is 2.13. The van der Waals surface area contributed by atoms with Gasteiger partial charge in [-0.15, -0.1) is 11.6 Å². The van der Waals surface area contributed by atoms with Crippen molar-refractivity contribution in [3.8, 4) is 6.07 Å². The van der Waals surface area contributed by atoms with E-state index in [1.165, 1.54) is 0 Å². The molecule has 4 heteroatoms. The molecule has 62 valence electrons. The van der Waals surface area contributed by atoms with Crippen molar-refractivity contribution in [2.24, 2.45) is 0 Å². The first-order valence-electron chi connectivity index (χ1n) is 3.14. The second kappa shape index (κ2) is 4.00. The zero-order valence-electron chi connectivity index (χ0n) is 5.89. The van der Waals surface area contributed by atoms with Crippen molar-refractivity contribution in [1.29, 1.82) is 5.26 Å². The minimum Gasteiger partial charge on any atom is -0.196 e. The van der Waals surface area contributed by atoms with Crippen LogP contribution in [0.5, 0.6) is 0 Å². The molecular weight excluding hydrogens is 216 g/mol. The Morgan fingerprint density at radius 1 is 1.33 bits per heavy atom. The molecule has 1 nitrogen and oxygen atoms in total. The third-order valence-electron chi connectivity index (χ3n) is 1.37. The Hall–Kier alpha value is -0.420. The Balaban J connectivity index is 3.18. The number of rotatable bonds is 1. The van der Waals surface area contributed by atoms with Crippen LogP contribution in [0.4, 0.5) is 0 Å². The molecule has 1 atom stereocenters. The van der Waals surface area contributed by atoms with Crippen molar-refractivity contribution in [2.45, 2.75) is 5.38 Å². The highest BCUT2D eigenvalue weighted by atomic mass is 35.5. The number of nitrogens with zero attached hydrogens (tertiary/aromatic N) is 1. The van der Waals surface area contributed by atoms with Gasteiger partial charge in [0.1, 0.15) is 5.38 Å². The van der Waals surface area contributed by atoms with E-state index in [-0.39, 0.29) is 0 Å². The summed E-state index contributed by atoms with van der Waals surface area (Å²) in [7, 11) is 0. The fourth-order valence-electron chi connectivity index (χ4n) is 0.786. The van der Waals surface area contributed by atoms with Crippen LogP contribution in [0.1, 0.15) is 10.9 Å². The normalized spacial score (nSPS) is 12.2. The number of hydrogen-bond donors (Lipinski definition) is 0. The molecule has 0 amide bonds. The lowest BCUT2D eigenvalue weighted by atomic mass is 10.2. The molecule has 0 N–H and O–H groups in total. The quantitative estimate of drug-likeness (QED) is 0.661. The third-order valence-corrected chi connectivity index (χ3v) is 2.53. The van der Waals surface area contributed by atoms with Crippen LogP contribution in [0, 0.1) is 11.3 Å². The first-order chi connectivity index (χ1) is 5.66. The lowest BCUT2D eigenvalue weighted by Gasteiger charge is -2.04. The Labute approximate surface area is 85.5 Å². The number of halogens is 3. The number of alkyl halides is 1. The van der Waals surface area contributed by atoms with E-state index in [1.807, 2.05) is 6.07 Å². The lowest BCUT2D eigenvalue weighted by molar-refractivity contribution is 1.21. The van der Waals surface area contributed by atoms with Crippen LogP contribution in [0.3, 0.4) is 0 Å². The molecule has 0 spiro atoms. The molecule has 0 saturated carbocycles. The lowest BCUT2D eigenvalue weighted by Crippen LogP contribution is -1.87. The van der Waals surface area contributed by atoms with Crippen molar-refractivity contribution >= 4 is 34.8 Å². The SMILES string of the molecule is N#C[C@@H](Cl)c1cccc(Cl)c1Cl. The molecular formula is C8H4Cl3N. The fraction of sp³-hybridized carbons (Fsp3) is 0.125. The number of hydrogen-bond acceptors (Lipinski definition) is 1. The van der Waals surface area contributed by atoms with E-state index >= 15 is 0 Å². The van der Waals surface area contributed by atoms with Gasteiger partial charge in [-0.05, 0) is 6.07 Å². The van der Waals surface area contributed by atoms with E-state index in [0.717, 1.165) is 0 Å². The number of benzene rings is 1. The first-order valence-corrected chi connectivity index (χ1v) is 4.33. The number of nitriles is 1. The van der Waals surface area contributed by atoms with Gasteiger partial charge in [-0.1, -0.05) is 35.3 Å². The average molecular weight is 220 g/mol. The molecule has 0 aliphatic heterocycles. The predicted octanol–water partition coefficient (Wildman–Crippen LogP) is 3.80. The van der Waals surface area contributed by atoms with Crippen LogP contribution in [-0.2, 0) is 0 Å². The zero-order chi connectivity index (χ0) is 9.14. The highest BCUT2D eigenvalue weighted by Gasteiger charge is 2.11. The Morgan fingerprint density at radius 2 is 2.00 bits per heavy atom. The maximum Gasteiger partial charge on any atom is 0.147 e. The molecule has 0 saturated heterocycles. The van der Waals surface area contributed by atoms with Gasteiger partial charge in [-0.3, -0.25) is 0 Å². The molecule has 0 unspecified atom stereocenters. The molecule has 0 aliphatic rings. The van der Waals surface area contributed by atoms with Crippen LogP contribution in [0.2, 0.25) is 10.0 Å². The maximum atomic E-state index is 8.52.